The first-order valence-electron chi connectivity index (χ1n) is 9.48. The summed E-state index contributed by atoms with van der Waals surface area (Å²) in [5.41, 5.74) is 0.721. The number of rotatable bonds is 7. The minimum Gasteiger partial charge on any atom is -0.481 e. The van der Waals surface area contributed by atoms with Crippen LogP contribution in [0.1, 0.15) is 33.1 Å². The average molecular weight is 375 g/mol. The number of para-hydroxylation sites is 1. The summed E-state index contributed by atoms with van der Waals surface area (Å²) in [7, 11) is 0. The Morgan fingerprint density at radius 3 is 2.59 bits per heavy atom. The first-order valence-corrected chi connectivity index (χ1v) is 9.48. The van der Waals surface area contributed by atoms with Crippen LogP contribution in [0.15, 0.2) is 30.3 Å². The molecule has 1 atom stereocenters. The molecule has 7 nitrogen and oxygen atoms in total. The van der Waals surface area contributed by atoms with Crippen LogP contribution in [0, 0.1) is 11.8 Å². The highest BCUT2D eigenvalue weighted by molar-refractivity contribution is 5.90. The third-order valence-corrected chi connectivity index (χ3v) is 4.58. The van der Waals surface area contributed by atoms with Crippen LogP contribution in [0.2, 0.25) is 0 Å². The van der Waals surface area contributed by atoms with Crippen LogP contribution in [-0.4, -0.2) is 59.0 Å². The van der Waals surface area contributed by atoms with Gasteiger partial charge < -0.3 is 20.2 Å². The number of amides is 3. The van der Waals surface area contributed by atoms with Gasteiger partial charge in [0.1, 0.15) is 0 Å². The molecule has 7 heteroatoms. The van der Waals surface area contributed by atoms with Crippen LogP contribution in [0.25, 0.3) is 0 Å². The standard InChI is InChI=1S/C20H29N3O4/c1-15(2)13-22(12-10-18(24)25)19(26)16-7-6-11-23(14-16)20(27)21-17-8-4-3-5-9-17/h3-5,8-9,15-16H,6-7,10-14H2,1-2H3,(H,21,27)(H,24,25). The van der Waals surface area contributed by atoms with E-state index < -0.39 is 5.97 Å². The van der Waals surface area contributed by atoms with Gasteiger partial charge in [0.15, 0.2) is 0 Å². The molecule has 0 spiro atoms. The van der Waals surface area contributed by atoms with Crippen LogP contribution < -0.4 is 5.32 Å². The van der Waals surface area contributed by atoms with Gasteiger partial charge in [0.05, 0.1) is 12.3 Å². The van der Waals surface area contributed by atoms with Gasteiger partial charge in [0.25, 0.3) is 0 Å². The zero-order chi connectivity index (χ0) is 19.8. The lowest BCUT2D eigenvalue weighted by atomic mass is 9.96. The van der Waals surface area contributed by atoms with Gasteiger partial charge in [-0.3, -0.25) is 9.59 Å². The Morgan fingerprint density at radius 2 is 1.96 bits per heavy atom. The lowest BCUT2D eigenvalue weighted by molar-refractivity contribution is -0.140. The van der Waals surface area contributed by atoms with Crippen molar-refractivity contribution in [3.8, 4) is 0 Å². The molecule has 2 rings (SSSR count). The van der Waals surface area contributed by atoms with Gasteiger partial charge >= 0.3 is 12.0 Å². The maximum atomic E-state index is 12.9. The number of nitrogens with zero attached hydrogens (tertiary/aromatic N) is 2. The van der Waals surface area contributed by atoms with Crippen molar-refractivity contribution in [1.29, 1.82) is 0 Å². The molecule has 3 amide bonds. The summed E-state index contributed by atoms with van der Waals surface area (Å²) in [5.74, 6) is -0.997. The number of nitrogens with one attached hydrogen (secondary N) is 1. The molecule has 1 aliphatic rings. The fraction of sp³-hybridized carbons (Fsp3) is 0.550. The Balaban J connectivity index is 1.98. The lowest BCUT2D eigenvalue weighted by Gasteiger charge is -2.35. The number of anilines is 1. The summed E-state index contributed by atoms with van der Waals surface area (Å²) in [6, 6.07) is 9.02. The number of urea groups is 1. The molecule has 1 aromatic rings. The van der Waals surface area contributed by atoms with Crippen LogP contribution in [-0.2, 0) is 9.59 Å². The predicted octanol–water partition coefficient (Wildman–Crippen LogP) is 2.89. The van der Waals surface area contributed by atoms with Gasteiger partial charge in [-0.05, 0) is 30.9 Å². The number of benzene rings is 1. The molecule has 1 aromatic carbocycles. The summed E-state index contributed by atoms with van der Waals surface area (Å²) in [6.45, 7) is 5.71. The molecular formula is C20H29N3O4. The predicted molar refractivity (Wildman–Crippen MR) is 103 cm³/mol. The molecule has 0 aliphatic carbocycles. The van der Waals surface area contributed by atoms with Crippen LogP contribution in [0.4, 0.5) is 10.5 Å². The normalized spacial score (nSPS) is 16.9. The Kier molecular flexibility index (Phi) is 7.64. The minimum absolute atomic E-state index is 0.0536. The van der Waals surface area contributed by atoms with Crippen molar-refractivity contribution in [3.63, 3.8) is 0 Å². The Morgan fingerprint density at radius 1 is 1.26 bits per heavy atom. The van der Waals surface area contributed by atoms with Crippen molar-refractivity contribution in [2.75, 3.05) is 31.5 Å². The lowest BCUT2D eigenvalue weighted by Crippen LogP contribution is -2.49. The summed E-state index contributed by atoms with van der Waals surface area (Å²) in [6.07, 6.45) is 1.41. The molecule has 148 valence electrons. The van der Waals surface area contributed by atoms with Crippen LogP contribution >= 0.6 is 0 Å². The van der Waals surface area contributed by atoms with E-state index in [1.165, 1.54) is 0 Å². The second kappa shape index (κ2) is 9.94. The number of carboxylic acids is 1. The SMILES string of the molecule is CC(C)CN(CCC(=O)O)C(=O)C1CCCN(C(=O)Nc2ccccc2)C1. The quantitative estimate of drug-likeness (QED) is 0.767. The Labute approximate surface area is 160 Å². The van der Waals surface area contributed by atoms with E-state index >= 15 is 0 Å². The van der Waals surface area contributed by atoms with Crippen molar-refractivity contribution in [3.05, 3.63) is 30.3 Å². The number of aliphatic carboxylic acids is 1. The number of hydrogen-bond donors (Lipinski definition) is 2. The van der Waals surface area contributed by atoms with E-state index in [9.17, 15) is 14.4 Å². The number of hydrogen-bond acceptors (Lipinski definition) is 3. The molecule has 2 N–H and O–H groups in total. The van der Waals surface area contributed by atoms with Gasteiger partial charge in [0.2, 0.25) is 5.91 Å². The van der Waals surface area contributed by atoms with Crippen LogP contribution in [0.5, 0.6) is 0 Å². The summed E-state index contributed by atoms with van der Waals surface area (Å²) < 4.78 is 0. The van der Waals surface area contributed by atoms with Crippen molar-refractivity contribution in [2.45, 2.75) is 33.1 Å². The third kappa shape index (κ3) is 6.58. The van der Waals surface area contributed by atoms with Crippen molar-refractivity contribution in [1.82, 2.24) is 9.80 Å². The molecule has 27 heavy (non-hydrogen) atoms. The highest BCUT2D eigenvalue weighted by Gasteiger charge is 2.31. The van der Waals surface area contributed by atoms with Crippen molar-refractivity contribution in [2.24, 2.45) is 11.8 Å². The van der Waals surface area contributed by atoms with Crippen LogP contribution in [0.3, 0.4) is 0 Å². The van der Waals surface area contributed by atoms with E-state index in [4.69, 9.17) is 5.11 Å². The number of carbonyl (C=O) groups excluding carboxylic acids is 2. The molecule has 1 heterocycles. The monoisotopic (exact) mass is 375 g/mol. The maximum Gasteiger partial charge on any atom is 0.321 e. The molecule has 0 bridgehead atoms. The maximum absolute atomic E-state index is 12.9. The van der Waals surface area contributed by atoms with Crippen molar-refractivity contribution >= 4 is 23.6 Å². The smallest absolute Gasteiger partial charge is 0.321 e. The molecule has 1 unspecified atom stereocenters. The van der Waals surface area contributed by atoms with E-state index in [1.807, 2.05) is 44.2 Å². The average Bonchev–Trinajstić information content (AvgIpc) is 2.65. The van der Waals surface area contributed by atoms with Gasteiger partial charge in [-0.2, -0.15) is 0 Å². The highest BCUT2D eigenvalue weighted by Crippen LogP contribution is 2.21. The topological polar surface area (TPSA) is 90.0 Å². The van der Waals surface area contributed by atoms with E-state index in [1.54, 1.807) is 9.80 Å². The largest absolute Gasteiger partial charge is 0.481 e. The number of piperidine rings is 1. The molecule has 0 radical (unpaired) electrons. The van der Waals surface area contributed by atoms with Crippen molar-refractivity contribution < 1.29 is 19.5 Å². The van der Waals surface area contributed by atoms with Gasteiger partial charge in [-0.25, -0.2) is 4.79 Å². The molecule has 0 aromatic heterocycles. The molecule has 1 saturated heterocycles. The first-order chi connectivity index (χ1) is 12.9. The summed E-state index contributed by atoms with van der Waals surface area (Å²) >= 11 is 0. The second-order valence-electron chi connectivity index (χ2n) is 7.40. The van der Waals surface area contributed by atoms with Gasteiger partial charge in [-0.1, -0.05) is 32.0 Å². The number of carboxylic acid groups (broad SMARTS) is 1. The Hall–Kier alpha value is -2.57. The van der Waals surface area contributed by atoms with E-state index in [-0.39, 0.29) is 36.7 Å². The van der Waals surface area contributed by atoms with Gasteiger partial charge in [-0.15, -0.1) is 0 Å². The summed E-state index contributed by atoms with van der Waals surface area (Å²) in [5, 5.41) is 11.8. The second-order valence-corrected chi connectivity index (χ2v) is 7.40. The zero-order valence-electron chi connectivity index (χ0n) is 16.1. The number of likely N-dealkylation sites (tertiary alicyclic amines) is 1. The molecule has 1 fully saturated rings. The number of carbonyl (C=O) groups is 3. The molecular weight excluding hydrogens is 346 g/mol. The van der Waals surface area contributed by atoms with E-state index in [0.717, 1.165) is 18.5 Å². The minimum atomic E-state index is -0.913. The molecule has 1 aliphatic heterocycles. The summed E-state index contributed by atoms with van der Waals surface area (Å²) in [4.78, 5) is 39.7. The third-order valence-electron chi connectivity index (χ3n) is 4.58. The highest BCUT2D eigenvalue weighted by atomic mass is 16.4. The first kappa shape index (κ1) is 20.7. The fourth-order valence-corrected chi connectivity index (χ4v) is 3.31. The van der Waals surface area contributed by atoms with Gasteiger partial charge in [0, 0.05) is 31.9 Å². The molecule has 0 saturated carbocycles. The zero-order valence-corrected chi connectivity index (χ0v) is 16.1. The van der Waals surface area contributed by atoms with E-state index in [0.29, 0.717) is 19.6 Å². The Bertz CT molecular complexity index is 648. The van der Waals surface area contributed by atoms with E-state index in [2.05, 4.69) is 5.32 Å². The fourth-order valence-electron chi connectivity index (χ4n) is 3.31.